The number of ether oxygens (including phenoxy) is 3. The van der Waals surface area contributed by atoms with Crippen molar-refractivity contribution in [3.8, 4) is 23.0 Å². The van der Waals surface area contributed by atoms with Crippen molar-refractivity contribution in [1.29, 1.82) is 0 Å². The summed E-state index contributed by atoms with van der Waals surface area (Å²) >= 11 is 0. The summed E-state index contributed by atoms with van der Waals surface area (Å²) in [6.45, 7) is 8.44. The van der Waals surface area contributed by atoms with Gasteiger partial charge in [-0.2, -0.15) is 0 Å². The van der Waals surface area contributed by atoms with Crippen LogP contribution >= 0.6 is 0 Å². The monoisotopic (exact) mass is 459 g/mol. The summed E-state index contributed by atoms with van der Waals surface area (Å²) in [5.74, 6) is 0.640. The van der Waals surface area contributed by atoms with E-state index in [-0.39, 0.29) is 22.5 Å². The van der Waals surface area contributed by atoms with Crippen LogP contribution in [-0.4, -0.2) is 42.3 Å². The van der Waals surface area contributed by atoms with Crippen molar-refractivity contribution in [2.24, 2.45) is 5.41 Å². The molecule has 0 fully saturated rings. The first-order valence-electron chi connectivity index (χ1n) is 10.8. The first kappa shape index (κ1) is 26.0. The van der Waals surface area contributed by atoms with Gasteiger partial charge in [0.1, 0.15) is 11.5 Å². The summed E-state index contributed by atoms with van der Waals surface area (Å²) in [5, 5.41) is 19.2. The highest BCUT2D eigenvalue weighted by Gasteiger charge is 2.21. The number of nitrogens with one attached hydrogen (secondary N) is 1. The lowest BCUT2D eigenvalue weighted by Crippen LogP contribution is -2.18. The van der Waals surface area contributed by atoms with Crippen molar-refractivity contribution in [2.45, 2.75) is 47.0 Å². The second-order valence-corrected chi connectivity index (χ2v) is 8.96. The quantitative estimate of drug-likeness (QED) is 0.193. The fourth-order valence-corrected chi connectivity index (χ4v) is 3.20. The van der Waals surface area contributed by atoms with E-state index in [2.05, 4.69) is 0 Å². The Morgan fingerprint density at radius 1 is 0.970 bits per heavy atom. The summed E-state index contributed by atoms with van der Waals surface area (Å²) < 4.78 is 16.7. The molecule has 0 bridgehead atoms. The maximum atomic E-state index is 12.5. The third-order valence-electron chi connectivity index (χ3n) is 4.95. The van der Waals surface area contributed by atoms with Crippen molar-refractivity contribution in [1.82, 2.24) is 5.48 Å². The molecule has 8 heteroatoms. The standard InChI is InChI=1S/C25H33NO7/c1-16-20(11-9-18(23(16)28)19(27)15-25(2,3)4)32-12-6-7-13-33-22-14-17(24(29)26-30)8-10-21(22)31-5/h8-11,14,28,30H,6-7,12-13,15H2,1-5H3,(H,26,29). The van der Waals surface area contributed by atoms with Crippen LogP contribution < -0.4 is 19.7 Å². The Bertz CT molecular complexity index is 979. The van der Waals surface area contributed by atoms with Gasteiger partial charge in [0.05, 0.1) is 25.9 Å². The minimum atomic E-state index is -0.638. The highest BCUT2D eigenvalue weighted by atomic mass is 16.5. The molecule has 0 saturated carbocycles. The average Bonchev–Trinajstić information content (AvgIpc) is 2.76. The molecule has 0 atom stereocenters. The lowest BCUT2D eigenvalue weighted by atomic mass is 9.87. The molecule has 2 aromatic carbocycles. The Labute approximate surface area is 194 Å². The molecule has 0 radical (unpaired) electrons. The number of benzene rings is 2. The number of hydrogen-bond donors (Lipinski definition) is 3. The number of phenolic OH excluding ortho intramolecular Hbond substituents is 1. The van der Waals surface area contributed by atoms with Gasteiger partial charge in [0, 0.05) is 17.5 Å². The molecule has 0 spiro atoms. The normalized spacial score (nSPS) is 11.1. The number of aromatic hydroxyl groups is 1. The van der Waals surface area contributed by atoms with Gasteiger partial charge in [-0.3, -0.25) is 14.8 Å². The number of amides is 1. The minimum absolute atomic E-state index is 0.0380. The van der Waals surface area contributed by atoms with E-state index < -0.39 is 5.91 Å². The van der Waals surface area contributed by atoms with Crippen LogP contribution in [0.15, 0.2) is 30.3 Å². The number of hydrogen-bond acceptors (Lipinski definition) is 7. The fraction of sp³-hybridized carbons (Fsp3) is 0.440. The Kier molecular flexibility index (Phi) is 9.11. The zero-order valence-electron chi connectivity index (χ0n) is 19.9. The maximum absolute atomic E-state index is 12.5. The lowest BCUT2D eigenvalue weighted by Gasteiger charge is -2.18. The van der Waals surface area contributed by atoms with Gasteiger partial charge in [-0.15, -0.1) is 0 Å². The number of methoxy groups -OCH3 is 1. The molecule has 1 amide bonds. The topological polar surface area (TPSA) is 114 Å². The van der Waals surface area contributed by atoms with Gasteiger partial charge in [-0.25, -0.2) is 5.48 Å². The number of ketones is 1. The maximum Gasteiger partial charge on any atom is 0.274 e. The van der Waals surface area contributed by atoms with Crippen molar-refractivity contribution in [2.75, 3.05) is 20.3 Å². The van der Waals surface area contributed by atoms with Gasteiger partial charge < -0.3 is 19.3 Å². The molecule has 180 valence electrons. The van der Waals surface area contributed by atoms with Gasteiger partial charge in [-0.05, 0) is 55.5 Å². The third kappa shape index (κ3) is 7.39. The molecule has 0 aliphatic carbocycles. The van der Waals surface area contributed by atoms with E-state index in [0.717, 1.165) is 0 Å². The van der Waals surface area contributed by atoms with E-state index in [1.807, 2.05) is 20.8 Å². The number of carbonyl (C=O) groups excluding carboxylic acids is 2. The Morgan fingerprint density at radius 2 is 1.58 bits per heavy atom. The molecule has 0 heterocycles. The van der Waals surface area contributed by atoms with E-state index in [1.165, 1.54) is 19.2 Å². The summed E-state index contributed by atoms with van der Waals surface area (Å²) in [7, 11) is 1.50. The van der Waals surface area contributed by atoms with Crippen LogP contribution in [0.1, 0.15) is 66.3 Å². The van der Waals surface area contributed by atoms with Crippen molar-refractivity contribution in [3.05, 3.63) is 47.0 Å². The van der Waals surface area contributed by atoms with Crippen molar-refractivity contribution in [3.63, 3.8) is 0 Å². The van der Waals surface area contributed by atoms with Crippen LogP contribution in [0.4, 0.5) is 0 Å². The second kappa shape index (κ2) is 11.6. The highest BCUT2D eigenvalue weighted by molar-refractivity contribution is 5.99. The third-order valence-corrected chi connectivity index (χ3v) is 4.95. The molecule has 0 aliphatic rings. The summed E-state index contributed by atoms with van der Waals surface area (Å²) in [6.07, 6.45) is 1.70. The first-order chi connectivity index (χ1) is 15.6. The van der Waals surface area contributed by atoms with Gasteiger partial charge in [-0.1, -0.05) is 20.8 Å². The second-order valence-electron chi connectivity index (χ2n) is 8.96. The van der Waals surface area contributed by atoms with Gasteiger partial charge in [0.2, 0.25) is 0 Å². The minimum Gasteiger partial charge on any atom is -0.507 e. The van der Waals surface area contributed by atoms with Crippen LogP contribution in [-0.2, 0) is 0 Å². The van der Waals surface area contributed by atoms with Crippen molar-refractivity contribution < 1.29 is 34.1 Å². The molecular weight excluding hydrogens is 426 g/mol. The molecule has 0 saturated heterocycles. The lowest BCUT2D eigenvalue weighted by molar-refractivity contribution is 0.0705. The number of rotatable bonds is 11. The Morgan fingerprint density at radius 3 is 2.15 bits per heavy atom. The summed E-state index contributed by atoms with van der Waals surface area (Å²) in [6, 6.07) is 7.93. The smallest absolute Gasteiger partial charge is 0.274 e. The van der Waals surface area contributed by atoms with E-state index in [9.17, 15) is 14.7 Å². The molecule has 0 unspecified atom stereocenters. The predicted octanol–water partition coefficient (Wildman–Crippen LogP) is 4.69. The summed E-state index contributed by atoms with van der Waals surface area (Å²) in [5.41, 5.74) is 2.52. The molecule has 2 rings (SSSR count). The Hall–Kier alpha value is -3.26. The van der Waals surface area contributed by atoms with Gasteiger partial charge >= 0.3 is 0 Å². The van der Waals surface area contributed by atoms with E-state index in [0.29, 0.717) is 60.9 Å². The predicted molar refractivity (Wildman–Crippen MR) is 124 cm³/mol. The van der Waals surface area contributed by atoms with Crippen LogP contribution in [0.2, 0.25) is 0 Å². The molecular formula is C25H33NO7. The van der Waals surface area contributed by atoms with E-state index in [4.69, 9.17) is 19.4 Å². The van der Waals surface area contributed by atoms with Crippen LogP contribution in [0.3, 0.4) is 0 Å². The number of hydroxylamine groups is 1. The van der Waals surface area contributed by atoms with Crippen molar-refractivity contribution >= 4 is 11.7 Å². The van der Waals surface area contributed by atoms with Gasteiger partial charge in [0.15, 0.2) is 17.3 Å². The number of unbranched alkanes of at least 4 members (excludes halogenated alkanes) is 1. The molecule has 0 aliphatic heterocycles. The van der Waals surface area contributed by atoms with E-state index >= 15 is 0 Å². The van der Waals surface area contributed by atoms with Gasteiger partial charge in [0.25, 0.3) is 5.91 Å². The van der Waals surface area contributed by atoms with E-state index in [1.54, 1.807) is 30.6 Å². The molecule has 0 aromatic heterocycles. The van der Waals surface area contributed by atoms with Crippen LogP contribution in [0.5, 0.6) is 23.0 Å². The summed E-state index contributed by atoms with van der Waals surface area (Å²) in [4.78, 5) is 24.0. The zero-order valence-corrected chi connectivity index (χ0v) is 19.9. The molecule has 2 aromatic rings. The average molecular weight is 460 g/mol. The van der Waals surface area contributed by atoms with Crippen LogP contribution in [0, 0.1) is 12.3 Å². The number of carbonyl (C=O) groups is 2. The van der Waals surface area contributed by atoms with Crippen LogP contribution in [0.25, 0.3) is 0 Å². The molecule has 33 heavy (non-hydrogen) atoms. The fourth-order valence-electron chi connectivity index (χ4n) is 3.20. The number of Topliss-reactive ketones (excluding diaryl/α,β-unsaturated/α-hetero) is 1. The molecule has 8 nitrogen and oxygen atoms in total. The highest BCUT2D eigenvalue weighted by Crippen LogP contribution is 2.33. The Balaban J connectivity index is 1.87. The molecule has 3 N–H and O–H groups in total. The number of phenols is 1. The first-order valence-corrected chi connectivity index (χ1v) is 10.8. The largest absolute Gasteiger partial charge is 0.507 e. The SMILES string of the molecule is COc1ccc(C(=O)NO)cc1OCCCCOc1ccc(C(=O)CC(C)(C)C)c(O)c1C. The zero-order chi connectivity index (χ0) is 24.6.